The standard InChI is InChI=1S/C19H23N3O/c1-22(2)18-9-5-16(6-10-18)14-23-13-15-3-7-17(8-4-15)19-20-11-12-21-19/h3-10H,11-14H2,1-2H3,(H,20,21). The van der Waals surface area contributed by atoms with Gasteiger partial charge in [-0.25, -0.2) is 0 Å². The van der Waals surface area contributed by atoms with Gasteiger partial charge in [-0.15, -0.1) is 0 Å². The highest BCUT2D eigenvalue weighted by atomic mass is 16.5. The lowest BCUT2D eigenvalue weighted by Crippen LogP contribution is -2.19. The summed E-state index contributed by atoms with van der Waals surface area (Å²) in [4.78, 5) is 6.52. The Balaban J connectivity index is 1.50. The number of ether oxygens (including phenoxy) is 1. The van der Waals surface area contributed by atoms with Crippen molar-refractivity contribution >= 4 is 11.5 Å². The Bertz CT molecular complexity index is 660. The maximum atomic E-state index is 5.81. The molecule has 4 heteroatoms. The van der Waals surface area contributed by atoms with Gasteiger partial charge >= 0.3 is 0 Å². The topological polar surface area (TPSA) is 36.9 Å². The molecule has 0 radical (unpaired) electrons. The van der Waals surface area contributed by atoms with E-state index < -0.39 is 0 Å². The summed E-state index contributed by atoms with van der Waals surface area (Å²) in [6.45, 7) is 3.05. The smallest absolute Gasteiger partial charge is 0.128 e. The molecule has 0 aromatic heterocycles. The van der Waals surface area contributed by atoms with Crippen molar-refractivity contribution in [3.63, 3.8) is 0 Å². The van der Waals surface area contributed by atoms with Crippen LogP contribution in [0, 0.1) is 0 Å². The number of nitrogens with zero attached hydrogens (tertiary/aromatic N) is 2. The Kier molecular flexibility index (Phi) is 4.93. The van der Waals surface area contributed by atoms with Crippen LogP contribution in [0.15, 0.2) is 53.5 Å². The second-order valence-electron chi connectivity index (χ2n) is 5.91. The maximum absolute atomic E-state index is 5.81. The third-order valence-corrected chi connectivity index (χ3v) is 3.89. The van der Waals surface area contributed by atoms with E-state index in [0.29, 0.717) is 13.2 Å². The van der Waals surface area contributed by atoms with Crippen molar-refractivity contribution in [3.8, 4) is 0 Å². The molecule has 1 aliphatic heterocycles. The minimum atomic E-state index is 0.621. The van der Waals surface area contributed by atoms with Gasteiger partial charge in [-0.1, -0.05) is 36.4 Å². The third kappa shape index (κ3) is 4.11. The zero-order chi connectivity index (χ0) is 16.1. The molecular formula is C19H23N3O. The molecule has 1 aliphatic rings. The lowest BCUT2D eigenvalue weighted by Gasteiger charge is -2.12. The Labute approximate surface area is 137 Å². The van der Waals surface area contributed by atoms with E-state index in [2.05, 4.69) is 63.7 Å². The molecule has 0 amide bonds. The summed E-state index contributed by atoms with van der Waals surface area (Å²) in [5.74, 6) is 0.999. The largest absolute Gasteiger partial charge is 0.378 e. The quantitative estimate of drug-likeness (QED) is 0.891. The van der Waals surface area contributed by atoms with Crippen LogP contribution in [-0.4, -0.2) is 33.0 Å². The summed E-state index contributed by atoms with van der Waals surface area (Å²) in [5.41, 5.74) is 4.72. The first-order valence-corrected chi connectivity index (χ1v) is 7.94. The van der Waals surface area contributed by atoms with Crippen molar-refractivity contribution in [2.24, 2.45) is 4.99 Å². The van der Waals surface area contributed by atoms with Gasteiger partial charge < -0.3 is 15.0 Å². The molecule has 0 unspecified atom stereocenters. The van der Waals surface area contributed by atoms with E-state index >= 15 is 0 Å². The Morgan fingerprint density at radius 2 is 1.57 bits per heavy atom. The number of rotatable bonds is 6. The highest BCUT2D eigenvalue weighted by molar-refractivity contribution is 5.99. The molecule has 2 aromatic carbocycles. The van der Waals surface area contributed by atoms with Crippen LogP contribution in [0.2, 0.25) is 0 Å². The molecule has 0 fully saturated rings. The normalized spacial score (nSPS) is 13.6. The number of anilines is 1. The molecule has 0 atom stereocenters. The summed E-state index contributed by atoms with van der Waals surface area (Å²) in [7, 11) is 4.09. The van der Waals surface area contributed by atoms with Crippen molar-refractivity contribution in [2.75, 3.05) is 32.1 Å². The van der Waals surface area contributed by atoms with Crippen LogP contribution in [0.4, 0.5) is 5.69 Å². The molecule has 0 bridgehead atoms. The minimum Gasteiger partial charge on any atom is -0.378 e. The molecule has 1 N–H and O–H groups in total. The van der Waals surface area contributed by atoms with Gasteiger partial charge in [0.15, 0.2) is 0 Å². The molecule has 0 aliphatic carbocycles. The van der Waals surface area contributed by atoms with Crippen LogP contribution in [0.1, 0.15) is 16.7 Å². The average molecular weight is 309 g/mol. The first-order valence-electron chi connectivity index (χ1n) is 7.94. The Hall–Kier alpha value is -2.33. The second-order valence-corrected chi connectivity index (χ2v) is 5.91. The molecule has 0 saturated heterocycles. The number of benzene rings is 2. The summed E-state index contributed by atoms with van der Waals surface area (Å²) >= 11 is 0. The fourth-order valence-corrected chi connectivity index (χ4v) is 2.53. The van der Waals surface area contributed by atoms with E-state index in [-0.39, 0.29) is 0 Å². The minimum absolute atomic E-state index is 0.621. The number of amidine groups is 1. The molecule has 0 spiro atoms. The predicted octanol–water partition coefficient (Wildman–Crippen LogP) is 2.82. The zero-order valence-corrected chi connectivity index (χ0v) is 13.7. The summed E-state index contributed by atoms with van der Waals surface area (Å²) in [5, 5.41) is 3.28. The van der Waals surface area contributed by atoms with Gasteiger partial charge in [-0.05, 0) is 23.3 Å². The first-order chi connectivity index (χ1) is 11.2. The van der Waals surface area contributed by atoms with E-state index in [4.69, 9.17) is 4.74 Å². The number of hydrogen-bond donors (Lipinski definition) is 1. The van der Waals surface area contributed by atoms with Crippen LogP contribution < -0.4 is 10.2 Å². The van der Waals surface area contributed by atoms with Gasteiger partial charge in [0, 0.05) is 31.9 Å². The highest BCUT2D eigenvalue weighted by Gasteiger charge is 2.07. The molecule has 0 saturated carbocycles. The van der Waals surface area contributed by atoms with Gasteiger partial charge in [-0.3, -0.25) is 4.99 Å². The molecule has 1 heterocycles. The Morgan fingerprint density at radius 1 is 0.957 bits per heavy atom. The van der Waals surface area contributed by atoms with Gasteiger partial charge in [0.05, 0.1) is 19.8 Å². The lowest BCUT2D eigenvalue weighted by atomic mass is 10.1. The van der Waals surface area contributed by atoms with Crippen molar-refractivity contribution in [1.82, 2.24) is 5.32 Å². The fraction of sp³-hybridized carbons (Fsp3) is 0.316. The SMILES string of the molecule is CN(C)c1ccc(COCc2ccc(C3=NCCN3)cc2)cc1. The van der Waals surface area contributed by atoms with Crippen LogP contribution in [-0.2, 0) is 18.0 Å². The third-order valence-electron chi connectivity index (χ3n) is 3.89. The van der Waals surface area contributed by atoms with Gasteiger partial charge in [-0.2, -0.15) is 0 Å². The molecule has 2 aromatic rings. The predicted molar refractivity (Wildman–Crippen MR) is 95.1 cm³/mol. The van der Waals surface area contributed by atoms with Gasteiger partial charge in [0.25, 0.3) is 0 Å². The average Bonchev–Trinajstić information content (AvgIpc) is 3.10. The number of hydrogen-bond acceptors (Lipinski definition) is 4. The number of aliphatic imine (C=N–C) groups is 1. The van der Waals surface area contributed by atoms with Crippen molar-refractivity contribution < 1.29 is 4.74 Å². The van der Waals surface area contributed by atoms with Gasteiger partial charge in [0.1, 0.15) is 5.84 Å². The summed E-state index contributed by atoms with van der Waals surface area (Å²) in [6, 6.07) is 16.9. The Morgan fingerprint density at radius 3 is 2.09 bits per heavy atom. The lowest BCUT2D eigenvalue weighted by molar-refractivity contribution is 0.107. The van der Waals surface area contributed by atoms with E-state index in [0.717, 1.165) is 24.5 Å². The van der Waals surface area contributed by atoms with Crippen molar-refractivity contribution in [2.45, 2.75) is 13.2 Å². The zero-order valence-electron chi connectivity index (χ0n) is 13.7. The summed E-state index contributed by atoms with van der Waals surface area (Å²) < 4.78 is 5.81. The van der Waals surface area contributed by atoms with E-state index in [1.54, 1.807) is 0 Å². The van der Waals surface area contributed by atoms with Crippen LogP contribution in [0.25, 0.3) is 0 Å². The summed E-state index contributed by atoms with van der Waals surface area (Å²) in [6.07, 6.45) is 0. The molecule has 120 valence electrons. The highest BCUT2D eigenvalue weighted by Crippen LogP contribution is 2.14. The monoisotopic (exact) mass is 309 g/mol. The van der Waals surface area contributed by atoms with Crippen molar-refractivity contribution in [1.29, 1.82) is 0 Å². The first kappa shape index (κ1) is 15.6. The van der Waals surface area contributed by atoms with Crippen LogP contribution in [0.3, 0.4) is 0 Å². The van der Waals surface area contributed by atoms with Crippen LogP contribution in [0.5, 0.6) is 0 Å². The van der Waals surface area contributed by atoms with E-state index in [1.165, 1.54) is 16.8 Å². The van der Waals surface area contributed by atoms with Crippen molar-refractivity contribution in [3.05, 3.63) is 65.2 Å². The number of nitrogens with one attached hydrogen (secondary N) is 1. The maximum Gasteiger partial charge on any atom is 0.128 e. The fourth-order valence-electron chi connectivity index (χ4n) is 2.53. The molecule has 23 heavy (non-hydrogen) atoms. The molecule has 3 rings (SSSR count). The molecular weight excluding hydrogens is 286 g/mol. The second kappa shape index (κ2) is 7.29. The van der Waals surface area contributed by atoms with Crippen LogP contribution >= 0.6 is 0 Å². The van der Waals surface area contributed by atoms with E-state index in [9.17, 15) is 0 Å². The van der Waals surface area contributed by atoms with E-state index in [1.807, 2.05) is 14.1 Å². The van der Waals surface area contributed by atoms with Gasteiger partial charge in [0.2, 0.25) is 0 Å². The molecule has 4 nitrogen and oxygen atoms in total.